The Morgan fingerprint density at radius 3 is 2.60 bits per heavy atom. The number of alkyl halides is 3. The Balaban J connectivity index is 2.40. The van der Waals surface area contributed by atoms with Crippen LogP contribution < -0.4 is 10.1 Å². The fourth-order valence-electron chi connectivity index (χ4n) is 1.60. The minimum Gasteiger partial charge on any atom is -0.492 e. The van der Waals surface area contributed by atoms with Gasteiger partial charge in [-0.2, -0.15) is 13.2 Å². The molecule has 20 heavy (non-hydrogen) atoms. The van der Waals surface area contributed by atoms with Gasteiger partial charge in [-0.3, -0.25) is 0 Å². The summed E-state index contributed by atoms with van der Waals surface area (Å²) in [5.74, 6) is 1.09. The number of para-hydroxylation sites is 1. The Labute approximate surface area is 122 Å². The molecule has 0 amide bonds. The SMILES string of the molecule is CC(C)CNCc1ccccc1OCCSC(F)(F)F. The first-order chi connectivity index (χ1) is 9.38. The molecule has 2 nitrogen and oxygen atoms in total. The van der Waals surface area contributed by atoms with Crippen molar-refractivity contribution in [3.8, 4) is 5.75 Å². The van der Waals surface area contributed by atoms with Crippen molar-refractivity contribution in [2.75, 3.05) is 18.9 Å². The van der Waals surface area contributed by atoms with Crippen molar-refractivity contribution < 1.29 is 17.9 Å². The van der Waals surface area contributed by atoms with Gasteiger partial charge < -0.3 is 10.1 Å². The van der Waals surface area contributed by atoms with E-state index in [0.717, 1.165) is 12.1 Å². The standard InChI is InChI=1S/C14H20F3NOS/c1-11(2)9-18-10-12-5-3-4-6-13(12)19-7-8-20-14(15,16)17/h3-6,11,18H,7-10H2,1-2H3. The van der Waals surface area contributed by atoms with Gasteiger partial charge in [0, 0.05) is 17.9 Å². The number of nitrogens with one attached hydrogen (secondary N) is 1. The van der Waals surface area contributed by atoms with Crippen molar-refractivity contribution >= 4 is 11.8 Å². The normalized spacial score (nSPS) is 11.9. The highest BCUT2D eigenvalue weighted by atomic mass is 32.2. The van der Waals surface area contributed by atoms with Gasteiger partial charge in [0.1, 0.15) is 5.75 Å². The predicted molar refractivity (Wildman–Crippen MR) is 77.0 cm³/mol. The fourth-order valence-corrected chi connectivity index (χ4v) is 1.99. The third-order valence-electron chi connectivity index (χ3n) is 2.45. The third kappa shape index (κ3) is 7.65. The Bertz CT molecular complexity index is 396. The summed E-state index contributed by atoms with van der Waals surface area (Å²) in [4.78, 5) is 0. The van der Waals surface area contributed by atoms with Crippen LogP contribution in [-0.4, -0.2) is 24.4 Å². The van der Waals surface area contributed by atoms with E-state index in [1.54, 1.807) is 6.07 Å². The molecule has 1 rings (SSSR count). The molecular formula is C14H20F3NOS. The van der Waals surface area contributed by atoms with Crippen molar-refractivity contribution in [2.45, 2.75) is 25.9 Å². The molecule has 1 aromatic carbocycles. The number of ether oxygens (including phenoxy) is 1. The molecule has 0 heterocycles. The van der Waals surface area contributed by atoms with Gasteiger partial charge in [-0.05, 0) is 30.3 Å². The number of hydrogen-bond donors (Lipinski definition) is 1. The van der Waals surface area contributed by atoms with E-state index in [1.807, 2.05) is 18.2 Å². The maximum absolute atomic E-state index is 12.0. The van der Waals surface area contributed by atoms with Gasteiger partial charge in [0.05, 0.1) is 6.61 Å². The van der Waals surface area contributed by atoms with Crippen LogP contribution >= 0.6 is 11.8 Å². The molecule has 0 aliphatic heterocycles. The summed E-state index contributed by atoms with van der Waals surface area (Å²) in [6.07, 6.45) is 0. The Kier molecular flexibility index (Phi) is 7.23. The van der Waals surface area contributed by atoms with Gasteiger partial charge in [0.2, 0.25) is 0 Å². The first-order valence-electron chi connectivity index (χ1n) is 6.50. The van der Waals surface area contributed by atoms with Crippen LogP contribution in [0.4, 0.5) is 13.2 Å². The average molecular weight is 307 g/mol. The molecule has 0 saturated carbocycles. The van der Waals surface area contributed by atoms with Crippen LogP contribution in [0.15, 0.2) is 24.3 Å². The Hall–Kier alpha value is -0.880. The van der Waals surface area contributed by atoms with E-state index in [2.05, 4.69) is 19.2 Å². The highest BCUT2D eigenvalue weighted by molar-refractivity contribution is 8.00. The summed E-state index contributed by atoms with van der Waals surface area (Å²) >= 11 is -0.0602. The second-order valence-corrected chi connectivity index (χ2v) is 5.93. The number of rotatable bonds is 8. The van der Waals surface area contributed by atoms with Gasteiger partial charge in [-0.25, -0.2) is 0 Å². The average Bonchev–Trinajstić information content (AvgIpc) is 2.34. The van der Waals surface area contributed by atoms with E-state index in [-0.39, 0.29) is 24.1 Å². The molecule has 1 N–H and O–H groups in total. The van der Waals surface area contributed by atoms with Crippen LogP contribution in [0.5, 0.6) is 5.75 Å². The molecule has 0 atom stereocenters. The van der Waals surface area contributed by atoms with Crippen LogP contribution in [-0.2, 0) is 6.54 Å². The molecule has 0 bridgehead atoms. The zero-order valence-electron chi connectivity index (χ0n) is 11.7. The first-order valence-corrected chi connectivity index (χ1v) is 7.49. The van der Waals surface area contributed by atoms with Crippen molar-refractivity contribution in [1.82, 2.24) is 5.32 Å². The fraction of sp³-hybridized carbons (Fsp3) is 0.571. The molecule has 0 radical (unpaired) electrons. The first kappa shape index (κ1) is 17.2. The van der Waals surface area contributed by atoms with E-state index < -0.39 is 5.51 Å². The largest absolute Gasteiger partial charge is 0.492 e. The van der Waals surface area contributed by atoms with Crippen LogP contribution in [0.3, 0.4) is 0 Å². The maximum atomic E-state index is 12.0. The minimum atomic E-state index is -4.19. The zero-order chi connectivity index (χ0) is 15.0. The molecule has 0 spiro atoms. The number of thioether (sulfide) groups is 1. The van der Waals surface area contributed by atoms with Gasteiger partial charge in [-0.15, -0.1) is 0 Å². The van der Waals surface area contributed by atoms with E-state index in [4.69, 9.17) is 4.74 Å². The van der Waals surface area contributed by atoms with Gasteiger partial charge in [0.15, 0.2) is 0 Å². The molecule has 1 aromatic rings. The summed E-state index contributed by atoms with van der Waals surface area (Å²) in [7, 11) is 0. The molecule has 0 fully saturated rings. The summed E-state index contributed by atoms with van der Waals surface area (Å²) < 4.78 is 41.4. The molecule has 114 valence electrons. The van der Waals surface area contributed by atoms with Crippen LogP contribution in [0.25, 0.3) is 0 Å². The van der Waals surface area contributed by atoms with E-state index >= 15 is 0 Å². The van der Waals surface area contributed by atoms with Gasteiger partial charge in [-0.1, -0.05) is 32.0 Å². The summed E-state index contributed by atoms with van der Waals surface area (Å²) in [6.45, 7) is 5.82. The van der Waals surface area contributed by atoms with Gasteiger partial charge >= 0.3 is 5.51 Å². The van der Waals surface area contributed by atoms with Crippen LogP contribution in [0.2, 0.25) is 0 Å². The van der Waals surface area contributed by atoms with Crippen molar-refractivity contribution in [3.05, 3.63) is 29.8 Å². The second-order valence-electron chi connectivity index (χ2n) is 4.78. The molecule has 0 unspecified atom stereocenters. The zero-order valence-corrected chi connectivity index (χ0v) is 12.5. The predicted octanol–water partition coefficient (Wildman–Crippen LogP) is 4.06. The number of benzene rings is 1. The topological polar surface area (TPSA) is 21.3 Å². The molecule has 0 aromatic heterocycles. The summed E-state index contributed by atoms with van der Waals surface area (Å²) in [5.41, 5.74) is -3.23. The highest BCUT2D eigenvalue weighted by Gasteiger charge is 2.27. The lowest BCUT2D eigenvalue weighted by molar-refractivity contribution is -0.0329. The number of hydrogen-bond acceptors (Lipinski definition) is 3. The van der Waals surface area contributed by atoms with E-state index in [0.29, 0.717) is 18.2 Å². The van der Waals surface area contributed by atoms with Crippen LogP contribution in [0, 0.1) is 5.92 Å². The molecule has 0 aliphatic rings. The smallest absolute Gasteiger partial charge is 0.441 e. The summed E-state index contributed by atoms with van der Waals surface area (Å²) in [5, 5.41) is 3.29. The lowest BCUT2D eigenvalue weighted by Gasteiger charge is -2.13. The second kappa shape index (κ2) is 8.42. The molecule has 6 heteroatoms. The van der Waals surface area contributed by atoms with Gasteiger partial charge in [0.25, 0.3) is 0 Å². The summed E-state index contributed by atoms with van der Waals surface area (Å²) in [6, 6.07) is 7.41. The maximum Gasteiger partial charge on any atom is 0.441 e. The Morgan fingerprint density at radius 2 is 1.95 bits per heavy atom. The van der Waals surface area contributed by atoms with E-state index in [9.17, 15) is 13.2 Å². The monoisotopic (exact) mass is 307 g/mol. The van der Waals surface area contributed by atoms with Crippen LogP contribution in [0.1, 0.15) is 19.4 Å². The van der Waals surface area contributed by atoms with E-state index in [1.165, 1.54) is 0 Å². The van der Waals surface area contributed by atoms with Crippen molar-refractivity contribution in [1.29, 1.82) is 0 Å². The Morgan fingerprint density at radius 1 is 1.25 bits per heavy atom. The molecule has 0 saturated heterocycles. The lowest BCUT2D eigenvalue weighted by atomic mass is 10.2. The van der Waals surface area contributed by atoms with Crippen molar-refractivity contribution in [3.63, 3.8) is 0 Å². The minimum absolute atomic E-state index is 0.0470. The number of halogens is 3. The molecule has 0 aliphatic carbocycles. The van der Waals surface area contributed by atoms with Crippen molar-refractivity contribution in [2.24, 2.45) is 5.92 Å². The quantitative estimate of drug-likeness (QED) is 0.732. The highest BCUT2D eigenvalue weighted by Crippen LogP contribution is 2.30. The lowest BCUT2D eigenvalue weighted by Crippen LogP contribution is -2.19. The third-order valence-corrected chi connectivity index (χ3v) is 3.15. The molecular weight excluding hydrogens is 287 g/mol.